The summed E-state index contributed by atoms with van der Waals surface area (Å²) < 4.78 is 9.61. The van der Waals surface area contributed by atoms with Crippen LogP contribution in [0.3, 0.4) is 0 Å². The SMILES string of the molecule is COc1ccc(C[C@H](C)N(C)Cc2nsc(N(C)C)n2)cc1. The normalized spacial score (nSPS) is 12.5. The van der Waals surface area contributed by atoms with E-state index in [0.717, 1.165) is 29.7 Å². The fourth-order valence-electron chi connectivity index (χ4n) is 2.13. The number of hydrogen-bond donors (Lipinski definition) is 0. The van der Waals surface area contributed by atoms with Gasteiger partial charge < -0.3 is 9.64 Å². The molecule has 0 saturated heterocycles. The van der Waals surface area contributed by atoms with Gasteiger partial charge >= 0.3 is 0 Å². The predicted molar refractivity (Wildman–Crippen MR) is 91.9 cm³/mol. The Balaban J connectivity index is 1.91. The van der Waals surface area contributed by atoms with Gasteiger partial charge in [0.25, 0.3) is 0 Å². The first-order valence-electron chi connectivity index (χ1n) is 7.32. The summed E-state index contributed by atoms with van der Waals surface area (Å²) in [5, 5.41) is 0.950. The van der Waals surface area contributed by atoms with Crippen LogP contribution < -0.4 is 9.64 Å². The third-order valence-electron chi connectivity index (χ3n) is 3.67. The van der Waals surface area contributed by atoms with Crippen molar-refractivity contribution in [3.63, 3.8) is 0 Å². The molecule has 0 aliphatic heterocycles. The van der Waals surface area contributed by atoms with Crippen LogP contribution in [0.2, 0.25) is 0 Å². The largest absolute Gasteiger partial charge is 0.497 e. The van der Waals surface area contributed by atoms with Crippen LogP contribution in [0.5, 0.6) is 5.75 Å². The summed E-state index contributed by atoms with van der Waals surface area (Å²) in [5.74, 6) is 1.78. The average Bonchev–Trinajstić information content (AvgIpc) is 2.96. The highest BCUT2D eigenvalue weighted by molar-refractivity contribution is 7.09. The first kappa shape index (κ1) is 16.7. The minimum atomic E-state index is 0.416. The monoisotopic (exact) mass is 320 g/mol. The molecule has 0 radical (unpaired) electrons. The van der Waals surface area contributed by atoms with Crippen molar-refractivity contribution >= 4 is 16.7 Å². The third-order valence-corrected chi connectivity index (χ3v) is 4.60. The Morgan fingerprint density at radius 1 is 1.18 bits per heavy atom. The number of nitrogens with zero attached hydrogens (tertiary/aromatic N) is 4. The van der Waals surface area contributed by atoms with Crippen molar-refractivity contribution in [1.82, 2.24) is 14.3 Å². The number of likely N-dealkylation sites (N-methyl/N-ethyl adjacent to an activating group) is 1. The van der Waals surface area contributed by atoms with Gasteiger partial charge in [0.15, 0.2) is 5.82 Å². The van der Waals surface area contributed by atoms with Crippen LogP contribution in [0, 0.1) is 0 Å². The Kier molecular flexibility index (Phi) is 5.74. The van der Waals surface area contributed by atoms with Crippen LogP contribution in [-0.2, 0) is 13.0 Å². The van der Waals surface area contributed by atoms with Gasteiger partial charge in [-0.15, -0.1) is 0 Å². The minimum Gasteiger partial charge on any atom is -0.497 e. The van der Waals surface area contributed by atoms with Crippen LogP contribution in [0.1, 0.15) is 18.3 Å². The molecule has 1 aromatic heterocycles. The summed E-state index contributed by atoms with van der Waals surface area (Å²) >= 11 is 1.44. The third kappa shape index (κ3) is 4.42. The topological polar surface area (TPSA) is 41.5 Å². The van der Waals surface area contributed by atoms with Gasteiger partial charge in [0, 0.05) is 31.7 Å². The fourth-order valence-corrected chi connectivity index (χ4v) is 2.72. The van der Waals surface area contributed by atoms with Crippen LogP contribution in [0.25, 0.3) is 0 Å². The smallest absolute Gasteiger partial charge is 0.204 e. The molecule has 0 unspecified atom stereocenters. The van der Waals surface area contributed by atoms with E-state index in [2.05, 4.69) is 40.4 Å². The number of anilines is 1. The Labute approximate surface area is 136 Å². The van der Waals surface area contributed by atoms with Gasteiger partial charge in [-0.05, 0) is 38.1 Å². The lowest BCUT2D eigenvalue weighted by Gasteiger charge is -2.23. The molecule has 120 valence electrons. The van der Waals surface area contributed by atoms with Crippen LogP contribution in [0.15, 0.2) is 24.3 Å². The molecule has 0 saturated carbocycles. The molecule has 22 heavy (non-hydrogen) atoms. The standard InChI is InChI=1S/C16H24N4OS/c1-12(10-13-6-8-14(21-5)9-7-13)20(4)11-15-17-16(19(2)3)22-18-15/h6-9,12H,10-11H2,1-5H3/t12-/m0/s1. The Hall–Kier alpha value is -1.66. The molecule has 0 aliphatic rings. The van der Waals surface area contributed by atoms with Gasteiger partial charge in [-0.3, -0.25) is 4.90 Å². The first-order valence-corrected chi connectivity index (χ1v) is 8.10. The summed E-state index contributed by atoms with van der Waals surface area (Å²) in [5.41, 5.74) is 1.31. The number of rotatable bonds is 7. The Morgan fingerprint density at radius 3 is 2.41 bits per heavy atom. The van der Waals surface area contributed by atoms with Crippen LogP contribution in [-0.4, -0.2) is 48.6 Å². The van der Waals surface area contributed by atoms with Crippen molar-refractivity contribution in [2.45, 2.75) is 25.9 Å². The zero-order valence-corrected chi connectivity index (χ0v) is 14.7. The predicted octanol–water partition coefficient (Wildman–Crippen LogP) is 2.68. The van der Waals surface area contributed by atoms with E-state index in [1.165, 1.54) is 17.1 Å². The molecule has 0 spiro atoms. The number of ether oxygens (including phenoxy) is 1. The molecule has 1 heterocycles. The second kappa shape index (κ2) is 7.56. The maximum atomic E-state index is 5.19. The number of aromatic nitrogens is 2. The average molecular weight is 320 g/mol. The van der Waals surface area contributed by atoms with Crippen molar-refractivity contribution in [3.05, 3.63) is 35.7 Å². The lowest BCUT2D eigenvalue weighted by Crippen LogP contribution is -2.30. The van der Waals surface area contributed by atoms with E-state index in [-0.39, 0.29) is 0 Å². The summed E-state index contributed by atoms with van der Waals surface area (Å²) in [6.45, 7) is 2.99. The molecule has 1 atom stereocenters. The van der Waals surface area contributed by atoms with Gasteiger partial charge in [0.1, 0.15) is 5.75 Å². The number of hydrogen-bond acceptors (Lipinski definition) is 6. The molecule has 0 N–H and O–H groups in total. The van der Waals surface area contributed by atoms with Gasteiger partial charge in [-0.25, -0.2) is 4.98 Å². The number of methoxy groups -OCH3 is 1. The van der Waals surface area contributed by atoms with E-state index in [1.54, 1.807) is 7.11 Å². The quantitative estimate of drug-likeness (QED) is 0.784. The summed E-state index contributed by atoms with van der Waals surface area (Å²) in [6, 6.07) is 8.67. The maximum absolute atomic E-state index is 5.19. The Bertz CT molecular complexity index is 582. The molecule has 0 fully saturated rings. The van der Waals surface area contributed by atoms with E-state index in [0.29, 0.717) is 6.04 Å². The van der Waals surface area contributed by atoms with Crippen molar-refractivity contribution in [3.8, 4) is 5.75 Å². The summed E-state index contributed by atoms with van der Waals surface area (Å²) in [7, 11) is 7.78. The molecule has 6 heteroatoms. The summed E-state index contributed by atoms with van der Waals surface area (Å²) in [4.78, 5) is 8.81. The van der Waals surface area contributed by atoms with Gasteiger partial charge in [-0.2, -0.15) is 4.37 Å². The zero-order chi connectivity index (χ0) is 16.1. The Morgan fingerprint density at radius 2 is 1.86 bits per heavy atom. The highest BCUT2D eigenvalue weighted by Gasteiger charge is 2.14. The molecule has 0 aliphatic carbocycles. The molecule has 0 bridgehead atoms. The van der Waals surface area contributed by atoms with Crippen LogP contribution >= 0.6 is 11.5 Å². The van der Waals surface area contributed by atoms with Gasteiger partial charge in [0.05, 0.1) is 13.7 Å². The van der Waals surface area contributed by atoms with Crippen molar-refractivity contribution in [2.24, 2.45) is 0 Å². The van der Waals surface area contributed by atoms with E-state index in [4.69, 9.17) is 4.74 Å². The highest BCUT2D eigenvalue weighted by atomic mass is 32.1. The van der Waals surface area contributed by atoms with Gasteiger partial charge in [-0.1, -0.05) is 12.1 Å². The molecular weight excluding hydrogens is 296 g/mol. The lowest BCUT2D eigenvalue weighted by atomic mass is 10.1. The maximum Gasteiger partial charge on any atom is 0.204 e. The van der Waals surface area contributed by atoms with E-state index >= 15 is 0 Å². The van der Waals surface area contributed by atoms with E-state index in [9.17, 15) is 0 Å². The van der Waals surface area contributed by atoms with E-state index < -0.39 is 0 Å². The molecule has 0 amide bonds. The summed E-state index contributed by atoms with van der Waals surface area (Å²) in [6.07, 6.45) is 0.991. The molecule has 2 rings (SSSR count). The molecule has 5 nitrogen and oxygen atoms in total. The molecular formula is C16H24N4OS. The van der Waals surface area contributed by atoms with Crippen molar-refractivity contribution in [1.29, 1.82) is 0 Å². The van der Waals surface area contributed by atoms with Crippen molar-refractivity contribution < 1.29 is 4.74 Å². The fraction of sp³-hybridized carbons (Fsp3) is 0.500. The lowest BCUT2D eigenvalue weighted by molar-refractivity contribution is 0.243. The van der Waals surface area contributed by atoms with Gasteiger partial charge in [0.2, 0.25) is 5.13 Å². The minimum absolute atomic E-state index is 0.416. The first-order chi connectivity index (χ1) is 10.5. The number of benzene rings is 1. The van der Waals surface area contributed by atoms with E-state index in [1.807, 2.05) is 31.1 Å². The van der Waals surface area contributed by atoms with Crippen LogP contribution in [0.4, 0.5) is 5.13 Å². The zero-order valence-electron chi connectivity index (χ0n) is 13.9. The van der Waals surface area contributed by atoms with Crippen molar-refractivity contribution in [2.75, 3.05) is 33.2 Å². The molecule has 2 aromatic rings. The molecule has 1 aromatic carbocycles. The second-order valence-corrected chi connectivity index (χ2v) is 6.43. The second-order valence-electron chi connectivity index (χ2n) is 5.70. The highest BCUT2D eigenvalue weighted by Crippen LogP contribution is 2.17.